The maximum Gasteiger partial charge on any atom is 0.410 e. The van der Waals surface area contributed by atoms with Crippen molar-refractivity contribution < 1.29 is 19.1 Å². The summed E-state index contributed by atoms with van der Waals surface area (Å²) in [6.07, 6.45) is -0.156. The second kappa shape index (κ2) is 7.82. The molecular formula is C17H25NO4. The number of benzene rings is 1. The summed E-state index contributed by atoms with van der Waals surface area (Å²) >= 11 is 0. The first kappa shape index (κ1) is 18.0. The second-order valence-corrected chi connectivity index (χ2v) is 6.05. The Kier molecular flexibility index (Phi) is 6.40. The average molecular weight is 307 g/mol. The van der Waals surface area contributed by atoms with Gasteiger partial charge in [-0.25, -0.2) is 9.59 Å². The molecule has 1 atom stereocenters. The van der Waals surface area contributed by atoms with Gasteiger partial charge in [0.05, 0.1) is 6.61 Å². The van der Waals surface area contributed by atoms with Crippen molar-refractivity contribution in [3.63, 3.8) is 0 Å². The Morgan fingerprint density at radius 3 is 2.27 bits per heavy atom. The molecule has 0 aliphatic heterocycles. The van der Waals surface area contributed by atoms with Crippen LogP contribution in [-0.4, -0.2) is 42.3 Å². The van der Waals surface area contributed by atoms with Gasteiger partial charge in [-0.1, -0.05) is 30.3 Å². The van der Waals surface area contributed by atoms with Crippen LogP contribution in [0.15, 0.2) is 30.3 Å². The van der Waals surface area contributed by atoms with Crippen molar-refractivity contribution >= 4 is 12.1 Å². The average Bonchev–Trinajstić information content (AvgIpc) is 2.43. The zero-order chi connectivity index (χ0) is 16.8. The molecule has 22 heavy (non-hydrogen) atoms. The lowest BCUT2D eigenvalue weighted by atomic mass is 10.1. The summed E-state index contributed by atoms with van der Waals surface area (Å²) in [7, 11) is 1.55. The van der Waals surface area contributed by atoms with Gasteiger partial charge in [-0.05, 0) is 33.3 Å². The minimum Gasteiger partial charge on any atom is -0.464 e. The van der Waals surface area contributed by atoms with Crippen molar-refractivity contribution in [1.82, 2.24) is 4.90 Å². The van der Waals surface area contributed by atoms with E-state index in [4.69, 9.17) is 9.47 Å². The first-order chi connectivity index (χ1) is 10.2. The lowest BCUT2D eigenvalue weighted by Gasteiger charge is -2.29. The van der Waals surface area contributed by atoms with E-state index in [1.165, 1.54) is 4.90 Å². The number of rotatable bonds is 5. The van der Waals surface area contributed by atoms with Crippen LogP contribution in [0.4, 0.5) is 4.79 Å². The molecule has 122 valence electrons. The van der Waals surface area contributed by atoms with Crippen LogP contribution in [0.5, 0.6) is 0 Å². The molecule has 1 amide bonds. The molecule has 1 rings (SSSR count). The van der Waals surface area contributed by atoms with Crippen LogP contribution in [0, 0.1) is 0 Å². The van der Waals surface area contributed by atoms with Crippen molar-refractivity contribution in [2.24, 2.45) is 0 Å². The van der Waals surface area contributed by atoms with Crippen LogP contribution in [0.2, 0.25) is 0 Å². The predicted molar refractivity (Wildman–Crippen MR) is 84.6 cm³/mol. The SMILES string of the molecule is CCOC(=O)C(Cc1ccccc1)N(C)C(=O)OC(C)(C)C. The van der Waals surface area contributed by atoms with Gasteiger partial charge in [-0.3, -0.25) is 4.90 Å². The zero-order valence-corrected chi connectivity index (χ0v) is 14.0. The molecular weight excluding hydrogens is 282 g/mol. The van der Waals surface area contributed by atoms with E-state index >= 15 is 0 Å². The van der Waals surface area contributed by atoms with E-state index in [-0.39, 0.29) is 6.61 Å². The second-order valence-electron chi connectivity index (χ2n) is 6.05. The van der Waals surface area contributed by atoms with Crippen molar-refractivity contribution in [1.29, 1.82) is 0 Å². The first-order valence-electron chi connectivity index (χ1n) is 7.41. The number of nitrogens with zero attached hydrogens (tertiary/aromatic N) is 1. The molecule has 0 saturated carbocycles. The molecule has 0 bridgehead atoms. The maximum atomic E-state index is 12.2. The van der Waals surface area contributed by atoms with Crippen molar-refractivity contribution in [3.8, 4) is 0 Å². The molecule has 0 heterocycles. The molecule has 1 aromatic rings. The van der Waals surface area contributed by atoms with E-state index in [0.29, 0.717) is 6.42 Å². The van der Waals surface area contributed by atoms with Gasteiger partial charge in [-0.15, -0.1) is 0 Å². The molecule has 0 fully saturated rings. The highest BCUT2D eigenvalue weighted by molar-refractivity contribution is 5.81. The Labute approximate surface area is 132 Å². The van der Waals surface area contributed by atoms with Crippen LogP contribution in [0.3, 0.4) is 0 Å². The number of carbonyl (C=O) groups is 2. The lowest BCUT2D eigenvalue weighted by molar-refractivity contribution is -0.148. The fraction of sp³-hybridized carbons (Fsp3) is 0.529. The smallest absolute Gasteiger partial charge is 0.410 e. The van der Waals surface area contributed by atoms with E-state index in [9.17, 15) is 9.59 Å². The van der Waals surface area contributed by atoms with E-state index < -0.39 is 23.7 Å². The molecule has 0 aliphatic carbocycles. The van der Waals surface area contributed by atoms with Crippen LogP contribution in [0.1, 0.15) is 33.3 Å². The summed E-state index contributed by atoms with van der Waals surface area (Å²) in [4.78, 5) is 25.7. The highest BCUT2D eigenvalue weighted by Gasteiger charge is 2.31. The van der Waals surface area contributed by atoms with E-state index in [1.54, 1.807) is 34.7 Å². The van der Waals surface area contributed by atoms with Gasteiger partial charge in [0.1, 0.15) is 11.6 Å². The van der Waals surface area contributed by atoms with Gasteiger partial charge in [0, 0.05) is 13.5 Å². The molecule has 0 radical (unpaired) electrons. The minimum atomic E-state index is -0.711. The standard InChI is InChI=1S/C17H25NO4/c1-6-21-15(19)14(12-13-10-8-7-9-11-13)18(5)16(20)22-17(2,3)4/h7-11,14H,6,12H2,1-5H3. The number of likely N-dealkylation sites (N-methyl/N-ethyl adjacent to an activating group) is 1. The molecule has 0 aromatic heterocycles. The van der Waals surface area contributed by atoms with Crippen molar-refractivity contribution in [2.75, 3.05) is 13.7 Å². The van der Waals surface area contributed by atoms with Crippen LogP contribution in [-0.2, 0) is 20.7 Å². The van der Waals surface area contributed by atoms with E-state index in [2.05, 4.69) is 0 Å². The molecule has 5 heteroatoms. The molecule has 0 saturated heterocycles. The summed E-state index contributed by atoms with van der Waals surface area (Å²) in [5, 5.41) is 0. The molecule has 0 aliphatic rings. The number of amides is 1. The van der Waals surface area contributed by atoms with Gasteiger partial charge < -0.3 is 9.47 Å². The van der Waals surface area contributed by atoms with Crippen LogP contribution in [0.25, 0.3) is 0 Å². The maximum absolute atomic E-state index is 12.2. The zero-order valence-electron chi connectivity index (χ0n) is 14.0. The summed E-state index contributed by atoms with van der Waals surface area (Å²) < 4.78 is 10.4. The van der Waals surface area contributed by atoms with Crippen LogP contribution >= 0.6 is 0 Å². The van der Waals surface area contributed by atoms with Gasteiger partial charge >= 0.3 is 12.1 Å². The van der Waals surface area contributed by atoms with Gasteiger partial charge in [0.2, 0.25) is 0 Å². The predicted octanol–water partition coefficient (Wildman–Crippen LogP) is 3.03. The summed E-state index contributed by atoms with van der Waals surface area (Å²) in [5.41, 5.74) is 0.341. The third-order valence-electron chi connectivity index (χ3n) is 2.98. The summed E-state index contributed by atoms with van der Waals surface area (Å²) in [5.74, 6) is -0.431. The van der Waals surface area contributed by atoms with E-state index in [1.807, 2.05) is 30.3 Å². The minimum absolute atomic E-state index is 0.270. The molecule has 5 nitrogen and oxygen atoms in total. The topological polar surface area (TPSA) is 55.8 Å². The normalized spacial score (nSPS) is 12.4. The van der Waals surface area contributed by atoms with Gasteiger partial charge in [0.15, 0.2) is 0 Å². The van der Waals surface area contributed by atoms with Gasteiger partial charge in [0.25, 0.3) is 0 Å². The Morgan fingerprint density at radius 2 is 1.77 bits per heavy atom. The molecule has 0 spiro atoms. The summed E-state index contributed by atoms with van der Waals surface area (Å²) in [6.45, 7) is 7.37. The fourth-order valence-electron chi connectivity index (χ4n) is 1.92. The number of esters is 1. The monoisotopic (exact) mass is 307 g/mol. The Bertz CT molecular complexity index is 493. The fourth-order valence-corrected chi connectivity index (χ4v) is 1.92. The molecule has 1 unspecified atom stereocenters. The Hall–Kier alpha value is -2.04. The Morgan fingerprint density at radius 1 is 1.18 bits per heavy atom. The quantitative estimate of drug-likeness (QED) is 0.785. The third kappa shape index (κ3) is 5.76. The molecule has 0 N–H and O–H groups in total. The largest absolute Gasteiger partial charge is 0.464 e. The lowest BCUT2D eigenvalue weighted by Crippen LogP contribution is -2.46. The number of ether oxygens (including phenoxy) is 2. The Balaban J connectivity index is 2.89. The van der Waals surface area contributed by atoms with Crippen LogP contribution < -0.4 is 0 Å². The highest BCUT2D eigenvalue weighted by Crippen LogP contribution is 2.14. The molecule has 1 aromatic carbocycles. The number of carbonyl (C=O) groups excluding carboxylic acids is 2. The third-order valence-corrected chi connectivity index (χ3v) is 2.98. The number of hydrogen-bond donors (Lipinski definition) is 0. The number of hydrogen-bond acceptors (Lipinski definition) is 4. The first-order valence-corrected chi connectivity index (χ1v) is 7.41. The van der Waals surface area contributed by atoms with Gasteiger partial charge in [-0.2, -0.15) is 0 Å². The summed E-state index contributed by atoms with van der Waals surface area (Å²) in [6, 6.07) is 8.80. The van der Waals surface area contributed by atoms with E-state index in [0.717, 1.165) is 5.56 Å². The van der Waals surface area contributed by atoms with Crippen molar-refractivity contribution in [3.05, 3.63) is 35.9 Å². The van der Waals surface area contributed by atoms with Crippen molar-refractivity contribution in [2.45, 2.75) is 45.8 Å². The highest BCUT2D eigenvalue weighted by atomic mass is 16.6.